The SMILES string of the molecule is CN(C)C1CCN(c2cc3c(cc2Nc2ncnc4sc5c(c24)CC[C@H](C(=O)N2C[C@H]4C[C@@H]2CO4)C5)C=NC3)CC1.CN(C)C1CCN(c2cc3c(cc2Nc2ncnc4sc5c(c24)CC[C@H](C(=O)O)C5)C=NC3)CC1. The van der Waals surface area contributed by atoms with Crippen molar-refractivity contribution in [1.82, 2.24) is 34.6 Å². The number of nitrogens with zero attached hydrogens (tertiary/aromatic N) is 11. The first-order valence-electron chi connectivity index (χ1n) is 27.3. The lowest BCUT2D eigenvalue weighted by molar-refractivity contribution is -0.142. The van der Waals surface area contributed by atoms with Crippen LogP contribution in [0.4, 0.5) is 34.4 Å². The monoisotopic (exact) mass is 1060 g/mol. The van der Waals surface area contributed by atoms with Crippen molar-refractivity contribution in [2.45, 2.75) is 108 Å². The maximum Gasteiger partial charge on any atom is 0.306 e. The molecule has 3 N–H and O–H groups in total. The number of anilines is 6. The first kappa shape index (κ1) is 49.5. The molecule has 6 aliphatic heterocycles. The van der Waals surface area contributed by atoms with Gasteiger partial charge in [0.25, 0.3) is 0 Å². The van der Waals surface area contributed by atoms with Gasteiger partial charge in [0.05, 0.1) is 71.3 Å². The lowest BCUT2D eigenvalue weighted by Gasteiger charge is -2.37. The Morgan fingerprint density at radius 3 is 1.63 bits per heavy atom. The van der Waals surface area contributed by atoms with Crippen molar-refractivity contribution >= 4 is 102 Å². The van der Waals surface area contributed by atoms with Crippen LogP contribution >= 0.6 is 22.7 Å². The molecule has 2 aliphatic carbocycles. The molecule has 4 atom stereocenters. The van der Waals surface area contributed by atoms with E-state index >= 15 is 0 Å². The summed E-state index contributed by atoms with van der Waals surface area (Å²) in [6.07, 6.45) is 17.6. The summed E-state index contributed by atoms with van der Waals surface area (Å²) in [5.41, 5.74) is 12.0. The highest BCUT2D eigenvalue weighted by Crippen LogP contribution is 2.45. The predicted molar refractivity (Wildman–Crippen MR) is 303 cm³/mol. The van der Waals surface area contributed by atoms with E-state index in [0.29, 0.717) is 37.4 Å². The number of hydrogen-bond donors (Lipinski definition) is 3. The van der Waals surface area contributed by atoms with Crippen LogP contribution < -0.4 is 20.4 Å². The number of carboxylic acid groups (broad SMARTS) is 1. The van der Waals surface area contributed by atoms with Gasteiger partial charge in [0, 0.05) is 72.9 Å². The van der Waals surface area contributed by atoms with Crippen molar-refractivity contribution in [3.05, 3.63) is 80.1 Å². The largest absolute Gasteiger partial charge is 0.481 e. The van der Waals surface area contributed by atoms with Gasteiger partial charge in [0.15, 0.2) is 0 Å². The number of aliphatic imine (C=N–C) groups is 2. The molecule has 2 bridgehead atoms. The number of morpholine rings is 1. The molecule has 0 radical (unpaired) electrons. The minimum atomic E-state index is -0.708. The quantitative estimate of drug-likeness (QED) is 0.120. The number of fused-ring (bicyclic) bond motifs is 10. The third-order valence-electron chi connectivity index (χ3n) is 17.6. The minimum Gasteiger partial charge on any atom is -0.481 e. The molecule has 0 unspecified atom stereocenters. The van der Waals surface area contributed by atoms with Crippen LogP contribution in [0, 0.1) is 11.8 Å². The van der Waals surface area contributed by atoms with Crippen LogP contribution in [0.25, 0.3) is 20.4 Å². The summed E-state index contributed by atoms with van der Waals surface area (Å²) in [4.78, 5) is 68.9. The summed E-state index contributed by atoms with van der Waals surface area (Å²) >= 11 is 3.35. The number of carboxylic acids is 1. The number of hydrogen-bond acceptors (Lipinski definition) is 17. The number of nitrogens with one attached hydrogen (secondary N) is 2. The molecule has 19 heteroatoms. The molecule has 8 aliphatic rings. The Hall–Kier alpha value is -6.12. The van der Waals surface area contributed by atoms with E-state index in [1.807, 2.05) is 12.4 Å². The molecule has 0 spiro atoms. The van der Waals surface area contributed by atoms with Crippen molar-refractivity contribution in [2.75, 3.05) is 88.0 Å². The topological polar surface area (TPSA) is 180 Å². The van der Waals surface area contributed by atoms with E-state index in [0.717, 1.165) is 157 Å². The number of rotatable bonds is 10. The van der Waals surface area contributed by atoms with Crippen molar-refractivity contribution in [1.29, 1.82) is 0 Å². The summed E-state index contributed by atoms with van der Waals surface area (Å²) in [6.45, 7) is 7.04. The summed E-state index contributed by atoms with van der Waals surface area (Å²) in [5.74, 6) is 1.02. The Balaban J connectivity index is 0.000000148. The number of thiophene rings is 2. The molecule has 4 saturated heterocycles. The van der Waals surface area contributed by atoms with Crippen molar-refractivity contribution in [3.8, 4) is 0 Å². The van der Waals surface area contributed by atoms with E-state index in [1.54, 1.807) is 35.3 Å². The Kier molecular flexibility index (Phi) is 13.2. The molecule has 17 nitrogen and oxygen atoms in total. The number of aliphatic carboxylic acids is 1. The van der Waals surface area contributed by atoms with Gasteiger partial charge in [0.2, 0.25) is 5.91 Å². The van der Waals surface area contributed by atoms with Crippen LogP contribution in [-0.2, 0) is 53.1 Å². The highest BCUT2D eigenvalue weighted by Gasteiger charge is 2.44. The molecule has 2 aromatic carbocycles. The number of aryl methyl sites for hydroxylation is 2. The Morgan fingerprint density at radius 1 is 0.671 bits per heavy atom. The maximum atomic E-state index is 13.5. The van der Waals surface area contributed by atoms with E-state index in [4.69, 9.17) is 9.72 Å². The van der Waals surface area contributed by atoms with Gasteiger partial charge in [-0.1, -0.05) is 0 Å². The highest BCUT2D eigenvalue weighted by atomic mass is 32.1. The van der Waals surface area contributed by atoms with Gasteiger partial charge in [-0.25, -0.2) is 19.9 Å². The number of ether oxygens (including phenoxy) is 1. The third-order valence-corrected chi connectivity index (χ3v) is 20.0. The van der Waals surface area contributed by atoms with Gasteiger partial charge in [-0.15, -0.1) is 22.7 Å². The molecule has 14 rings (SSSR count). The zero-order valence-electron chi connectivity index (χ0n) is 43.9. The first-order chi connectivity index (χ1) is 37.0. The average molecular weight is 1060 g/mol. The number of carbonyl (C=O) groups is 2. The van der Waals surface area contributed by atoms with E-state index in [9.17, 15) is 14.7 Å². The van der Waals surface area contributed by atoms with Crippen LogP contribution in [0.3, 0.4) is 0 Å². The molecular formula is C57H67N13O4S2. The van der Waals surface area contributed by atoms with Crippen LogP contribution in [-0.4, -0.2) is 156 Å². The first-order valence-corrected chi connectivity index (χ1v) is 29.0. The summed E-state index contributed by atoms with van der Waals surface area (Å²) in [6, 6.07) is 10.6. The standard InChI is InChI=1S/C31H37N7O2S.C26H30N6O2S/c1-36(2)21-5-7-37(8-6-21)26-10-20-14-32-13-19(20)9-25(26)35-29-28-24-4-3-18(11-27(24)41-30(28)34-17-33-29)31(39)38-15-23-12-22(38)16-40-23;1-31(2)18-5-7-32(8-6-18)21-10-17-13-27-12-16(17)9-20(21)30-24-23-19-4-3-15(26(33)34)11-22(19)35-25(23)29-14-28-24/h9-10,13,17-18,21-23H,3-8,11-12,14-16H2,1-2H3,(H,33,34,35);9-10,12,14-15,18H,3-8,11,13H2,1-2H3,(H,33,34)(H,28,29,30)/t18-,22+,23+;15-/m00/s1. The lowest BCUT2D eigenvalue weighted by atomic mass is 9.86. The Labute approximate surface area is 451 Å². The zero-order chi connectivity index (χ0) is 51.8. The normalized spacial score (nSPS) is 22.8. The smallest absolute Gasteiger partial charge is 0.306 e. The fraction of sp³-hybridized carbons (Fsp3) is 0.509. The molecule has 1 amide bonds. The number of aromatic nitrogens is 4. The number of likely N-dealkylation sites (tertiary alicyclic amines) is 1. The Bertz CT molecular complexity index is 3300. The lowest BCUT2D eigenvalue weighted by Crippen LogP contribution is -2.45. The summed E-state index contributed by atoms with van der Waals surface area (Å²) < 4.78 is 5.74. The molecule has 4 aromatic heterocycles. The van der Waals surface area contributed by atoms with Gasteiger partial charge < -0.3 is 45.0 Å². The van der Waals surface area contributed by atoms with E-state index in [2.05, 4.69) is 113 Å². The second kappa shape index (κ2) is 20.4. The molecular weight excluding hydrogens is 995 g/mol. The average Bonchev–Trinajstić information content (AvgIpc) is 4.32. The molecule has 396 valence electrons. The molecule has 76 heavy (non-hydrogen) atoms. The third kappa shape index (κ3) is 9.28. The van der Waals surface area contributed by atoms with Crippen LogP contribution in [0.2, 0.25) is 0 Å². The number of benzene rings is 2. The Morgan fingerprint density at radius 2 is 1.17 bits per heavy atom. The second-order valence-corrected chi connectivity index (χ2v) is 24.7. The maximum absolute atomic E-state index is 13.5. The van der Waals surface area contributed by atoms with Gasteiger partial charge >= 0.3 is 5.97 Å². The summed E-state index contributed by atoms with van der Waals surface area (Å²) in [5, 5.41) is 19.1. The van der Waals surface area contributed by atoms with Gasteiger partial charge in [-0.2, -0.15) is 0 Å². The highest BCUT2D eigenvalue weighted by molar-refractivity contribution is 7.19. The molecule has 0 saturated carbocycles. The fourth-order valence-corrected chi connectivity index (χ4v) is 15.8. The van der Waals surface area contributed by atoms with E-state index < -0.39 is 5.97 Å². The van der Waals surface area contributed by atoms with Crippen molar-refractivity contribution < 1.29 is 19.4 Å². The summed E-state index contributed by atoms with van der Waals surface area (Å²) in [7, 11) is 8.71. The molecule has 6 aromatic rings. The van der Waals surface area contributed by atoms with Gasteiger partial charge in [-0.3, -0.25) is 19.6 Å². The van der Waals surface area contributed by atoms with Crippen LogP contribution in [0.5, 0.6) is 0 Å². The number of amides is 1. The second-order valence-electron chi connectivity index (χ2n) is 22.6. The number of carbonyl (C=O) groups excluding carboxylic acids is 1. The number of piperidine rings is 2. The van der Waals surface area contributed by atoms with Crippen LogP contribution in [0.1, 0.15) is 88.1 Å². The molecule has 4 fully saturated rings. The van der Waals surface area contributed by atoms with Gasteiger partial charge in [0.1, 0.15) is 34.0 Å². The van der Waals surface area contributed by atoms with Crippen molar-refractivity contribution in [3.63, 3.8) is 0 Å². The fourth-order valence-electron chi connectivity index (χ4n) is 13.3. The van der Waals surface area contributed by atoms with Crippen molar-refractivity contribution in [2.24, 2.45) is 21.8 Å². The van der Waals surface area contributed by atoms with E-state index in [1.165, 1.54) is 44.1 Å². The van der Waals surface area contributed by atoms with Crippen LogP contribution in [0.15, 0.2) is 46.9 Å². The van der Waals surface area contributed by atoms with Gasteiger partial charge in [-0.05, 0) is 156 Å². The van der Waals surface area contributed by atoms with E-state index in [-0.39, 0.29) is 24.0 Å². The predicted octanol–water partition coefficient (Wildman–Crippen LogP) is 8.09. The minimum absolute atomic E-state index is 0.0481. The molecule has 10 heterocycles. The zero-order valence-corrected chi connectivity index (χ0v) is 45.6.